The molecule has 3 rings (SSSR count). The average Bonchev–Trinajstić information content (AvgIpc) is 2.54. The lowest BCUT2D eigenvalue weighted by molar-refractivity contribution is 0.130. The second kappa shape index (κ2) is 7.74. The van der Waals surface area contributed by atoms with Crippen LogP contribution in [0.4, 0.5) is 0 Å². The van der Waals surface area contributed by atoms with E-state index in [0.29, 0.717) is 29.9 Å². The summed E-state index contributed by atoms with van der Waals surface area (Å²) >= 11 is 0. The molecule has 25 heavy (non-hydrogen) atoms. The first kappa shape index (κ1) is 18.8. The van der Waals surface area contributed by atoms with Gasteiger partial charge < -0.3 is 10.2 Å². The topological polar surface area (TPSA) is 52.7 Å². The van der Waals surface area contributed by atoms with Crippen molar-refractivity contribution in [2.45, 2.75) is 50.6 Å². The lowest BCUT2D eigenvalue weighted by atomic mass is 9.96. The third-order valence-electron chi connectivity index (χ3n) is 5.48. The van der Waals surface area contributed by atoms with E-state index in [-0.39, 0.29) is 6.04 Å². The Labute approximate surface area is 152 Å². The van der Waals surface area contributed by atoms with Gasteiger partial charge in [-0.1, -0.05) is 17.7 Å². The van der Waals surface area contributed by atoms with E-state index in [0.717, 1.165) is 18.7 Å². The Hall–Kier alpha value is -0.950. The van der Waals surface area contributed by atoms with Gasteiger partial charge in [0.25, 0.3) is 0 Å². The van der Waals surface area contributed by atoms with Crippen molar-refractivity contribution in [1.29, 1.82) is 0 Å². The SMILES string of the molecule is Cc1ccc(S(=O)(=O)N2CC(NCC3CCCN(C(C)C)C3)C2)cc1. The van der Waals surface area contributed by atoms with E-state index < -0.39 is 10.0 Å². The lowest BCUT2D eigenvalue weighted by Gasteiger charge is -2.40. The minimum atomic E-state index is -3.33. The van der Waals surface area contributed by atoms with E-state index in [1.165, 1.54) is 19.4 Å². The fourth-order valence-corrected chi connectivity index (χ4v) is 5.22. The molecule has 0 saturated carbocycles. The number of sulfonamides is 1. The van der Waals surface area contributed by atoms with Crippen molar-refractivity contribution in [2.24, 2.45) is 5.92 Å². The van der Waals surface area contributed by atoms with Gasteiger partial charge in [-0.05, 0) is 64.8 Å². The first-order valence-corrected chi connectivity index (χ1v) is 10.8. The molecule has 140 valence electrons. The van der Waals surface area contributed by atoms with E-state index in [4.69, 9.17) is 0 Å². The van der Waals surface area contributed by atoms with Gasteiger partial charge in [-0.15, -0.1) is 0 Å². The van der Waals surface area contributed by atoms with Crippen molar-refractivity contribution in [3.8, 4) is 0 Å². The third-order valence-corrected chi connectivity index (χ3v) is 7.33. The summed E-state index contributed by atoms with van der Waals surface area (Å²) in [5.41, 5.74) is 1.07. The molecule has 2 aliphatic heterocycles. The van der Waals surface area contributed by atoms with Crippen LogP contribution in [-0.2, 0) is 10.0 Å². The highest BCUT2D eigenvalue weighted by Crippen LogP contribution is 2.23. The van der Waals surface area contributed by atoms with Crippen LogP contribution in [0.3, 0.4) is 0 Å². The zero-order valence-electron chi connectivity index (χ0n) is 15.6. The highest BCUT2D eigenvalue weighted by Gasteiger charge is 2.36. The normalized spacial score (nSPS) is 23.8. The standard InChI is InChI=1S/C19H31N3O2S/c1-15(2)21-10-4-5-17(12-21)11-20-18-13-22(14-18)25(23,24)19-8-6-16(3)7-9-19/h6-9,15,17-18,20H,4-5,10-14H2,1-3H3. The summed E-state index contributed by atoms with van der Waals surface area (Å²) in [6.07, 6.45) is 2.54. The summed E-state index contributed by atoms with van der Waals surface area (Å²) in [7, 11) is -3.33. The number of aryl methyl sites for hydroxylation is 1. The minimum Gasteiger partial charge on any atom is -0.311 e. The van der Waals surface area contributed by atoms with Gasteiger partial charge in [-0.3, -0.25) is 0 Å². The van der Waals surface area contributed by atoms with Crippen LogP contribution < -0.4 is 5.32 Å². The van der Waals surface area contributed by atoms with E-state index in [9.17, 15) is 8.42 Å². The number of likely N-dealkylation sites (tertiary alicyclic amines) is 1. The predicted octanol–water partition coefficient (Wildman–Crippen LogP) is 2.08. The number of nitrogens with zero attached hydrogens (tertiary/aromatic N) is 2. The molecule has 1 aromatic rings. The largest absolute Gasteiger partial charge is 0.311 e. The molecule has 0 radical (unpaired) electrons. The van der Waals surface area contributed by atoms with Crippen LogP contribution in [0.1, 0.15) is 32.3 Å². The highest BCUT2D eigenvalue weighted by atomic mass is 32.2. The van der Waals surface area contributed by atoms with E-state index >= 15 is 0 Å². The minimum absolute atomic E-state index is 0.287. The Bertz CT molecular complexity index is 666. The Morgan fingerprint density at radius 3 is 2.48 bits per heavy atom. The van der Waals surface area contributed by atoms with Crippen LogP contribution in [0.15, 0.2) is 29.2 Å². The van der Waals surface area contributed by atoms with Crippen molar-refractivity contribution >= 4 is 10.0 Å². The smallest absolute Gasteiger partial charge is 0.243 e. The maximum atomic E-state index is 12.6. The van der Waals surface area contributed by atoms with Crippen LogP contribution in [0.2, 0.25) is 0 Å². The lowest BCUT2D eigenvalue weighted by Crippen LogP contribution is -2.60. The number of hydrogen-bond donors (Lipinski definition) is 1. The Morgan fingerprint density at radius 2 is 1.84 bits per heavy atom. The number of piperidine rings is 1. The van der Waals surface area contributed by atoms with Crippen LogP contribution in [-0.4, -0.2) is 62.4 Å². The molecule has 0 aliphatic carbocycles. The molecule has 2 aliphatic rings. The third kappa shape index (κ3) is 4.42. The van der Waals surface area contributed by atoms with E-state index in [1.54, 1.807) is 16.4 Å². The molecule has 0 bridgehead atoms. The molecule has 1 N–H and O–H groups in total. The van der Waals surface area contributed by atoms with Crippen LogP contribution in [0.25, 0.3) is 0 Å². The van der Waals surface area contributed by atoms with Gasteiger partial charge in [0.15, 0.2) is 0 Å². The molecule has 0 spiro atoms. The summed E-state index contributed by atoms with van der Waals surface area (Å²) in [5, 5.41) is 3.58. The second-order valence-corrected chi connectivity index (χ2v) is 9.78. The molecule has 5 nitrogen and oxygen atoms in total. The summed E-state index contributed by atoms with van der Waals surface area (Å²) in [6, 6.07) is 8.01. The first-order chi connectivity index (χ1) is 11.9. The quantitative estimate of drug-likeness (QED) is 0.839. The number of benzene rings is 1. The van der Waals surface area contributed by atoms with Crippen LogP contribution in [0, 0.1) is 12.8 Å². The average molecular weight is 366 g/mol. The Kier molecular flexibility index (Phi) is 5.83. The van der Waals surface area contributed by atoms with Gasteiger partial charge in [0, 0.05) is 31.7 Å². The van der Waals surface area contributed by atoms with Crippen LogP contribution >= 0.6 is 0 Å². The predicted molar refractivity (Wildman–Crippen MR) is 101 cm³/mol. The number of nitrogens with one attached hydrogen (secondary N) is 1. The van der Waals surface area contributed by atoms with Crippen molar-refractivity contribution in [3.05, 3.63) is 29.8 Å². The van der Waals surface area contributed by atoms with Gasteiger partial charge in [0.2, 0.25) is 10.0 Å². The summed E-state index contributed by atoms with van der Waals surface area (Å²) in [4.78, 5) is 2.95. The fourth-order valence-electron chi connectivity index (χ4n) is 3.69. The molecular formula is C19H31N3O2S. The second-order valence-electron chi connectivity index (χ2n) is 7.84. The van der Waals surface area contributed by atoms with Gasteiger partial charge in [-0.2, -0.15) is 4.31 Å². The van der Waals surface area contributed by atoms with Gasteiger partial charge in [0.05, 0.1) is 4.90 Å². The summed E-state index contributed by atoms with van der Waals surface area (Å²) in [5.74, 6) is 0.680. The summed E-state index contributed by atoms with van der Waals surface area (Å²) in [6.45, 7) is 11.0. The van der Waals surface area contributed by atoms with Gasteiger partial charge in [0.1, 0.15) is 0 Å². The highest BCUT2D eigenvalue weighted by molar-refractivity contribution is 7.89. The monoisotopic (exact) mass is 365 g/mol. The zero-order chi connectivity index (χ0) is 18.0. The zero-order valence-corrected chi connectivity index (χ0v) is 16.4. The maximum absolute atomic E-state index is 12.6. The van der Waals surface area contributed by atoms with Gasteiger partial charge >= 0.3 is 0 Å². The number of hydrogen-bond acceptors (Lipinski definition) is 4. The molecule has 2 saturated heterocycles. The molecule has 2 heterocycles. The molecule has 1 unspecified atom stereocenters. The Morgan fingerprint density at radius 1 is 1.16 bits per heavy atom. The van der Waals surface area contributed by atoms with Crippen LogP contribution in [0.5, 0.6) is 0 Å². The summed E-state index contributed by atoms with van der Waals surface area (Å²) < 4.78 is 26.8. The van der Waals surface area contributed by atoms with Gasteiger partial charge in [-0.25, -0.2) is 8.42 Å². The van der Waals surface area contributed by atoms with Crippen molar-refractivity contribution < 1.29 is 8.42 Å². The molecule has 2 fully saturated rings. The van der Waals surface area contributed by atoms with Crippen molar-refractivity contribution in [1.82, 2.24) is 14.5 Å². The number of rotatable bonds is 6. The fraction of sp³-hybridized carbons (Fsp3) is 0.684. The Balaban J connectivity index is 1.46. The molecular weight excluding hydrogens is 334 g/mol. The van der Waals surface area contributed by atoms with E-state index in [1.807, 2.05) is 19.1 Å². The maximum Gasteiger partial charge on any atom is 0.243 e. The molecule has 0 aromatic heterocycles. The molecule has 0 amide bonds. The molecule has 1 aromatic carbocycles. The van der Waals surface area contributed by atoms with Crippen molar-refractivity contribution in [3.63, 3.8) is 0 Å². The van der Waals surface area contributed by atoms with E-state index in [2.05, 4.69) is 24.1 Å². The first-order valence-electron chi connectivity index (χ1n) is 9.40. The van der Waals surface area contributed by atoms with Crippen molar-refractivity contribution in [2.75, 3.05) is 32.7 Å². The molecule has 6 heteroatoms. The molecule has 1 atom stereocenters.